The Balaban J connectivity index is 1.87. The van der Waals surface area contributed by atoms with Crippen molar-refractivity contribution in [3.05, 3.63) is 83.4 Å². The Bertz CT molecular complexity index is 1360. The number of methoxy groups -OCH3 is 3. The van der Waals surface area contributed by atoms with Crippen LogP contribution in [0.3, 0.4) is 0 Å². The first-order chi connectivity index (χ1) is 18.3. The van der Waals surface area contributed by atoms with Gasteiger partial charge in [0.15, 0.2) is 0 Å². The van der Waals surface area contributed by atoms with Crippen molar-refractivity contribution in [2.75, 3.05) is 32.8 Å². The van der Waals surface area contributed by atoms with Gasteiger partial charge in [-0.05, 0) is 60.0 Å². The van der Waals surface area contributed by atoms with Gasteiger partial charge in [0.2, 0.25) is 0 Å². The number of hydrogen-bond donors (Lipinski definition) is 1. The Morgan fingerprint density at radius 3 is 2.16 bits per heavy atom. The summed E-state index contributed by atoms with van der Waals surface area (Å²) >= 11 is 0. The molecule has 1 amide bonds. The van der Waals surface area contributed by atoms with Crippen LogP contribution in [0.4, 0.5) is 5.69 Å². The number of aliphatic hydroxyl groups excluding tert-OH is 1. The number of ketones is 1. The molecule has 3 aromatic carbocycles. The van der Waals surface area contributed by atoms with E-state index in [0.717, 1.165) is 0 Å². The highest BCUT2D eigenvalue weighted by Gasteiger charge is 2.47. The van der Waals surface area contributed by atoms with Crippen molar-refractivity contribution in [3.8, 4) is 23.0 Å². The molecule has 198 valence electrons. The third-order valence-electron chi connectivity index (χ3n) is 6.22. The quantitative estimate of drug-likeness (QED) is 0.232. The minimum atomic E-state index is -0.917. The first-order valence-corrected chi connectivity index (χ1v) is 12.2. The molecule has 1 aliphatic heterocycles. The van der Waals surface area contributed by atoms with Gasteiger partial charge in [-0.25, -0.2) is 0 Å². The van der Waals surface area contributed by atoms with E-state index in [9.17, 15) is 14.7 Å². The predicted octanol–water partition coefficient (Wildman–Crippen LogP) is 5.37. The smallest absolute Gasteiger partial charge is 0.300 e. The summed E-state index contributed by atoms with van der Waals surface area (Å²) in [6.45, 7) is 4.66. The molecule has 0 spiro atoms. The normalized spacial score (nSPS) is 16.6. The van der Waals surface area contributed by atoms with Gasteiger partial charge in [0.1, 0.15) is 28.8 Å². The Hall–Kier alpha value is -4.46. The second-order valence-electron chi connectivity index (χ2n) is 9.21. The summed E-state index contributed by atoms with van der Waals surface area (Å²) < 4.78 is 21.9. The van der Waals surface area contributed by atoms with Gasteiger partial charge in [-0.15, -0.1) is 0 Å². The number of benzene rings is 3. The van der Waals surface area contributed by atoms with E-state index in [1.54, 1.807) is 66.7 Å². The van der Waals surface area contributed by atoms with E-state index in [-0.39, 0.29) is 16.9 Å². The minimum Gasteiger partial charge on any atom is -0.507 e. The van der Waals surface area contributed by atoms with E-state index in [1.165, 1.54) is 26.2 Å². The van der Waals surface area contributed by atoms with Crippen LogP contribution in [-0.2, 0) is 9.59 Å². The van der Waals surface area contributed by atoms with Crippen LogP contribution in [0.25, 0.3) is 5.76 Å². The molecule has 1 heterocycles. The van der Waals surface area contributed by atoms with Crippen molar-refractivity contribution in [1.29, 1.82) is 0 Å². The van der Waals surface area contributed by atoms with Gasteiger partial charge < -0.3 is 24.1 Å². The van der Waals surface area contributed by atoms with E-state index < -0.39 is 17.7 Å². The Kier molecular flexibility index (Phi) is 7.90. The molecule has 1 N–H and O–H groups in total. The third-order valence-corrected chi connectivity index (χ3v) is 6.22. The first-order valence-electron chi connectivity index (χ1n) is 12.2. The second-order valence-corrected chi connectivity index (χ2v) is 9.21. The fourth-order valence-electron chi connectivity index (χ4n) is 4.33. The number of Topliss-reactive ketones (excluding diaryl/α,β-unsaturated/α-hetero) is 1. The van der Waals surface area contributed by atoms with Crippen molar-refractivity contribution >= 4 is 23.1 Å². The molecule has 1 saturated heterocycles. The van der Waals surface area contributed by atoms with Crippen LogP contribution >= 0.6 is 0 Å². The average Bonchev–Trinajstić information content (AvgIpc) is 3.21. The van der Waals surface area contributed by atoms with Gasteiger partial charge in [0, 0.05) is 11.8 Å². The van der Waals surface area contributed by atoms with Crippen molar-refractivity contribution < 1.29 is 33.6 Å². The molecule has 4 rings (SSSR count). The van der Waals surface area contributed by atoms with Gasteiger partial charge in [0.25, 0.3) is 11.7 Å². The van der Waals surface area contributed by atoms with Crippen LogP contribution in [-0.4, -0.2) is 44.7 Å². The zero-order valence-corrected chi connectivity index (χ0v) is 22.1. The van der Waals surface area contributed by atoms with Gasteiger partial charge in [0.05, 0.1) is 45.1 Å². The lowest BCUT2D eigenvalue weighted by atomic mass is 9.94. The number of aliphatic hydroxyl groups is 1. The first kappa shape index (κ1) is 26.6. The number of hydrogen-bond acceptors (Lipinski definition) is 7. The summed E-state index contributed by atoms with van der Waals surface area (Å²) in [6.07, 6.45) is 0. The van der Waals surface area contributed by atoms with E-state index >= 15 is 0 Å². The molecule has 1 unspecified atom stereocenters. The highest BCUT2D eigenvalue weighted by atomic mass is 16.5. The van der Waals surface area contributed by atoms with Crippen LogP contribution in [0.1, 0.15) is 31.0 Å². The molecule has 1 aliphatic rings. The van der Waals surface area contributed by atoms with Gasteiger partial charge in [-0.1, -0.05) is 26.0 Å². The third kappa shape index (κ3) is 5.16. The van der Waals surface area contributed by atoms with Crippen molar-refractivity contribution in [1.82, 2.24) is 0 Å². The van der Waals surface area contributed by atoms with Crippen molar-refractivity contribution in [3.63, 3.8) is 0 Å². The fourth-order valence-corrected chi connectivity index (χ4v) is 4.33. The van der Waals surface area contributed by atoms with Crippen LogP contribution in [0.5, 0.6) is 23.0 Å². The summed E-state index contributed by atoms with van der Waals surface area (Å²) in [5.41, 5.74) is 1.28. The SMILES string of the molecule is COc1cccc(C2/C(=C(/O)c3ccc(OC)cc3OC)C(=O)C(=O)N2c2ccc(OCC(C)C)cc2)c1. The Morgan fingerprint density at radius 2 is 1.53 bits per heavy atom. The molecular weight excluding hydrogens is 486 g/mol. The number of carbonyl (C=O) groups is 2. The Morgan fingerprint density at radius 1 is 0.868 bits per heavy atom. The molecule has 38 heavy (non-hydrogen) atoms. The average molecular weight is 518 g/mol. The predicted molar refractivity (Wildman–Crippen MR) is 144 cm³/mol. The number of ether oxygens (including phenoxy) is 4. The summed E-state index contributed by atoms with van der Waals surface area (Å²) in [7, 11) is 4.50. The zero-order valence-electron chi connectivity index (χ0n) is 22.1. The monoisotopic (exact) mass is 517 g/mol. The highest BCUT2D eigenvalue weighted by molar-refractivity contribution is 6.51. The topological polar surface area (TPSA) is 94.5 Å². The maximum Gasteiger partial charge on any atom is 0.300 e. The molecule has 8 heteroatoms. The van der Waals surface area contributed by atoms with Crippen LogP contribution in [0.2, 0.25) is 0 Å². The lowest BCUT2D eigenvalue weighted by Crippen LogP contribution is -2.29. The molecule has 3 aromatic rings. The van der Waals surface area contributed by atoms with E-state index in [0.29, 0.717) is 46.8 Å². The molecule has 1 atom stereocenters. The number of amides is 1. The molecule has 0 bridgehead atoms. The summed E-state index contributed by atoms with van der Waals surface area (Å²) in [5.74, 6) is 0.446. The lowest BCUT2D eigenvalue weighted by Gasteiger charge is -2.26. The number of rotatable bonds is 9. The largest absolute Gasteiger partial charge is 0.507 e. The van der Waals surface area contributed by atoms with Gasteiger partial charge in [-0.2, -0.15) is 0 Å². The van der Waals surface area contributed by atoms with Crippen molar-refractivity contribution in [2.24, 2.45) is 5.92 Å². The number of anilines is 1. The second kappa shape index (κ2) is 11.3. The number of carbonyl (C=O) groups excluding carboxylic acids is 2. The summed E-state index contributed by atoms with van der Waals surface area (Å²) in [4.78, 5) is 28.3. The van der Waals surface area contributed by atoms with E-state index in [1.807, 2.05) is 0 Å². The molecular formula is C30H31NO7. The maximum absolute atomic E-state index is 13.5. The maximum atomic E-state index is 13.5. The highest BCUT2D eigenvalue weighted by Crippen LogP contribution is 2.44. The molecule has 0 saturated carbocycles. The van der Waals surface area contributed by atoms with Crippen LogP contribution < -0.4 is 23.8 Å². The lowest BCUT2D eigenvalue weighted by molar-refractivity contribution is -0.132. The minimum absolute atomic E-state index is 0.0631. The number of nitrogens with zero attached hydrogens (tertiary/aromatic N) is 1. The Labute approximate surface area is 222 Å². The van der Waals surface area contributed by atoms with Gasteiger partial charge >= 0.3 is 0 Å². The van der Waals surface area contributed by atoms with Crippen molar-refractivity contribution in [2.45, 2.75) is 19.9 Å². The molecule has 0 radical (unpaired) electrons. The van der Waals surface area contributed by atoms with Crippen LogP contribution in [0.15, 0.2) is 72.3 Å². The van der Waals surface area contributed by atoms with E-state index in [2.05, 4.69) is 13.8 Å². The molecule has 1 fully saturated rings. The fraction of sp³-hybridized carbons (Fsp3) is 0.267. The molecule has 0 aliphatic carbocycles. The standard InChI is InChI=1S/C30H31NO7/c1-18(2)17-38-21-11-9-20(10-12-21)31-27(19-7-6-8-22(15-19)35-3)26(29(33)30(31)34)28(32)24-14-13-23(36-4)16-25(24)37-5/h6-16,18,27,32H,17H2,1-5H3/b28-26-. The van der Waals surface area contributed by atoms with E-state index in [4.69, 9.17) is 18.9 Å². The molecule has 8 nitrogen and oxygen atoms in total. The van der Waals surface area contributed by atoms with Crippen LogP contribution in [0, 0.1) is 5.92 Å². The zero-order chi connectivity index (χ0) is 27.4. The summed E-state index contributed by atoms with van der Waals surface area (Å²) in [6, 6.07) is 17.9. The summed E-state index contributed by atoms with van der Waals surface area (Å²) in [5, 5.41) is 11.5. The van der Waals surface area contributed by atoms with Gasteiger partial charge in [-0.3, -0.25) is 14.5 Å². The molecule has 0 aromatic heterocycles.